The first-order valence-electron chi connectivity index (χ1n) is 7.97. The molecular formula is C20H14Cl2N2O3. The number of non-ortho nitro benzene ring substituents is 1. The fourth-order valence-electron chi connectivity index (χ4n) is 2.36. The molecule has 0 amide bonds. The fourth-order valence-corrected chi connectivity index (χ4v) is 2.93. The summed E-state index contributed by atoms with van der Waals surface area (Å²) in [4.78, 5) is 14.6. The van der Waals surface area contributed by atoms with E-state index in [0.29, 0.717) is 33.7 Å². The number of rotatable bonds is 6. The molecule has 0 saturated heterocycles. The Kier molecular flexibility index (Phi) is 6.06. The summed E-state index contributed by atoms with van der Waals surface area (Å²) in [5.41, 5.74) is 2.18. The van der Waals surface area contributed by atoms with E-state index in [9.17, 15) is 10.1 Å². The molecular weight excluding hydrogens is 387 g/mol. The zero-order valence-electron chi connectivity index (χ0n) is 14.0. The Morgan fingerprint density at radius 3 is 2.41 bits per heavy atom. The van der Waals surface area contributed by atoms with Gasteiger partial charge in [-0.05, 0) is 29.8 Å². The van der Waals surface area contributed by atoms with Crippen LogP contribution in [0.5, 0.6) is 5.75 Å². The van der Waals surface area contributed by atoms with Crippen LogP contribution in [0.25, 0.3) is 0 Å². The van der Waals surface area contributed by atoms with Gasteiger partial charge >= 0.3 is 0 Å². The minimum Gasteiger partial charge on any atom is -0.487 e. The van der Waals surface area contributed by atoms with E-state index >= 15 is 0 Å². The number of ether oxygens (including phenoxy) is 1. The third-order valence-electron chi connectivity index (χ3n) is 3.68. The lowest BCUT2D eigenvalue weighted by Gasteiger charge is -2.11. The third-order valence-corrected chi connectivity index (χ3v) is 4.18. The Bertz CT molecular complexity index is 975. The monoisotopic (exact) mass is 400 g/mol. The second-order valence-electron chi connectivity index (χ2n) is 5.61. The van der Waals surface area contributed by atoms with Crippen LogP contribution < -0.4 is 4.74 Å². The highest BCUT2D eigenvalue weighted by Gasteiger charge is 2.10. The topological polar surface area (TPSA) is 64.7 Å². The maximum Gasteiger partial charge on any atom is 0.269 e. The molecule has 0 fully saturated rings. The zero-order chi connectivity index (χ0) is 19.2. The maximum atomic E-state index is 10.7. The molecule has 3 aromatic carbocycles. The van der Waals surface area contributed by atoms with Gasteiger partial charge in [-0.3, -0.25) is 15.1 Å². The molecule has 0 heterocycles. The standard InChI is InChI=1S/C20H14Cl2N2O3/c21-16-10-15(12-23-17-6-8-18(9-7-17)24(25)26)20(19(22)11-16)27-13-14-4-2-1-3-5-14/h1-12H,13H2. The largest absolute Gasteiger partial charge is 0.487 e. The minimum absolute atomic E-state index is 0.00614. The van der Waals surface area contributed by atoms with Crippen molar-refractivity contribution in [2.75, 3.05) is 0 Å². The third kappa shape index (κ3) is 5.06. The van der Waals surface area contributed by atoms with Crippen LogP contribution in [0.1, 0.15) is 11.1 Å². The summed E-state index contributed by atoms with van der Waals surface area (Å²) in [5.74, 6) is 0.468. The Labute approximate surface area is 166 Å². The van der Waals surface area contributed by atoms with E-state index < -0.39 is 4.92 Å². The van der Waals surface area contributed by atoms with Crippen LogP contribution in [0.15, 0.2) is 71.7 Å². The molecule has 0 saturated carbocycles. The van der Waals surface area contributed by atoms with Gasteiger partial charge in [-0.1, -0.05) is 53.5 Å². The molecule has 3 rings (SSSR count). The van der Waals surface area contributed by atoms with Gasteiger partial charge in [0.15, 0.2) is 0 Å². The summed E-state index contributed by atoms with van der Waals surface area (Å²) >= 11 is 12.4. The van der Waals surface area contributed by atoms with Crippen molar-refractivity contribution in [3.8, 4) is 5.75 Å². The van der Waals surface area contributed by atoms with E-state index in [-0.39, 0.29) is 5.69 Å². The van der Waals surface area contributed by atoms with E-state index in [4.69, 9.17) is 27.9 Å². The minimum atomic E-state index is -0.459. The highest BCUT2D eigenvalue weighted by molar-refractivity contribution is 6.36. The molecule has 0 aromatic heterocycles. The van der Waals surface area contributed by atoms with Gasteiger partial charge in [-0.25, -0.2) is 0 Å². The number of nitrogens with zero attached hydrogens (tertiary/aromatic N) is 2. The van der Waals surface area contributed by atoms with Gasteiger partial charge in [-0.15, -0.1) is 0 Å². The molecule has 0 aliphatic carbocycles. The molecule has 136 valence electrons. The van der Waals surface area contributed by atoms with Crippen LogP contribution in [0.3, 0.4) is 0 Å². The van der Waals surface area contributed by atoms with Crippen molar-refractivity contribution in [2.45, 2.75) is 6.61 Å². The van der Waals surface area contributed by atoms with Gasteiger partial charge in [0, 0.05) is 28.9 Å². The first-order valence-corrected chi connectivity index (χ1v) is 8.73. The number of hydrogen-bond donors (Lipinski definition) is 0. The normalized spacial score (nSPS) is 10.9. The summed E-state index contributed by atoms with van der Waals surface area (Å²) in [6.45, 7) is 0.348. The number of hydrogen-bond acceptors (Lipinski definition) is 4. The first kappa shape index (κ1) is 18.9. The number of halogens is 2. The average molecular weight is 401 g/mol. The van der Waals surface area contributed by atoms with Gasteiger partial charge in [0.25, 0.3) is 5.69 Å². The molecule has 0 bridgehead atoms. The van der Waals surface area contributed by atoms with Crippen molar-refractivity contribution in [1.29, 1.82) is 0 Å². The van der Waals surface area contributed by atoms with E-state index in [1.165, 1.54) is 12.1 Å². The number of nitro benzene ring substituents is 1. The Morgan fingerprint density at radius 1 is 1.04 bits per heavy atom. The van der Waals surface area contributed by atoms with Gasteiger partial charge in [0.05, 0.1) is 15.6 Å². The van der Waals surface area contributed by atoms with Gasteiger partial charge in [-0.2, -0.15) is 0 Å². The van der Waals surface area contributed by atoms with E-state index in [1.54, 1.807) is 30.5 Å². The average Bonchev–Trinajstić information content (AvgIpc) is 2.66. The molecule has 0 spiro atoms. The van der Waals surface area contributed by atoms with Crippen molar-refractivity contribution in [3.05, 3.63) is 98.0 Å². The number of aliphatic imine (C=N–C) groups is 1. The molecule has 0 radical (unpaired) electrons. The lowest BCUT2D eigenvalue weighted by Crippen LogP contribution is -1.99. The molecule has 0 aliphatic heterocycles. The highest BCUT2D eigenvalue weighted by atomic mass is 35.5. The van der Waals surface area contributed by atoms with Crippen LogP contribution in [-0.4, -0.2) is 11.1 Å². The van der Waals surface area contributed by atoms with Gasteiger partial charge in [0.2, 0.25) is 0 Å². The summed E-state index contributed by atoms with van der Waals surface area (Å²) < 4.78 is 5.88. The van der Waals surface area contributed by atoms with Crippen molar-refractivity contribution < 1.29 is 9.66 Å². The highest BCUT2D eigenvalue weighted by Crippen LogP contribution is 2.32. The van der Waals surface area contributed by atoms with Gasteiger partial charge < -0.3 is 4.74 Å². The first-order chi connectivity index (χ1) is 13.0. The van der Waals surface area contributed by atoms with Crippen LogP contribution in [0.2, 0.25) is 10.0 Å². The molecule has 7 heteroatoms. The van der Waals surface area contributed by atoms with Crippen LogP contribution in [-0.2, 0) is 6.61 Å². The van der Waals surface area contributed by atoms with Crippen molar-refractivity contribution in [1.82, 2.24) is 0 Å². The quantitative estimate of drug-likeness (QED) is 0.279. The molecule has 0 unspecified atom stereocenters. The van der Waals surface area contributed by atoms with Crippen LogP contribution in [0.4, 0.5) is 11.4 Å². The molecule has 0 atom stereocenters. The lowest BCUT2D eigenvalue weighted by molar-refractivity contribution is -0.384. The second-order valence-corrected chi connectivity index (χ2v) is 6.46. The number of benzene rings is 3. The number of nitro groups is 1. The Balaban J connectivity index is 1.84. The summed E-state index contributed by atoms with van der Waals surface area (Å²) in [6, 6.07) is 18.9. The van der Waals surface area contributed by atoms with Crippen LogP contribution in [0, 0.1) is 10.1 Å². The maximum absolute atomic E-state index is 10.7. The predicted octanol–water partition coefficient (Wildman–Crippen LogP) is 6.23. The summed E-state index contributed by atoms with van der Waals surface area (Å²) in [6.07, 6.45) is 1.57. The van der Waals surface area contributed by atoms with Crippen molar-refractivity contribution in [2.24, 2.45) is 4.99 Å². The molecule has 0 aliphatic rings. The fraction of sp³-hybridized carbons (Fsp3) is 0.0500. The summed E-state index contributed by atoms with van der Waals surface area (Å²) in [7, 11) is 0. The molecule has 5 nitrogen and oxygen atoms in total. The van der Waals surface area contributed by atoms with E-state index in [0.717, 1.165) is 5.56 Å². The van der Waals surface area contributed by atoms with E-state index in [2.05, 4.69) is 4.99 Å². The van der Waals surface area contributed by atoms with E-state index in [1.807, 2.05) is 30.3 Å². The molecule has 27 heavy (non-hydrogen) atoms. The lowest BCUT2D eigenvalue weighted by atomic mass is 10.2. The summed E-state index contributed by atoms with van der Waals surface area (Å²) in [5, 5.41) is 11.6. The smallest absolute Gasteiger partial charge is 0.269 e. The predicted molar refractivity (Wildman–Crippen MR) is 108 cm³/mol. The Morgan fingerprint density at radius 2 is 1.74 bits per heavy atom. The second kappa shape index (κ2) is 8.66. The SMILES string of the molecule is O=[N+]([O-])c1ccc(N=Cc2cc(Cl)cc(Cl)c2OCc2ccccc2)cc1. The zero-order valence-corrected chi connectivity index (χ0v) is 15.5. The van der Waals surface area contributed by atoms with Crippen molar-refractivity contribution in [3.63, 3.8) is 0 Å². The molecule has 0 N–H and O–H groups in total. The molecule has 3 aromatic rings. The van der Waals surface area contributed by atoms with Gasteiger partial charge in [0.1, 0.15) is 12.4 Å². The Hall–Kier alpha value is -2.89. The van der Waals surface area contributed by atoms with Crippen molar-refractivity contribution >= 4 is 40.8 Å². The van der Waals surface area contributed by atoms with Crippen LogP contribution >= 0.6 is 23.2 Å².